The lowest BCUT2D eigenvalue weighted by molar-refractivity contribution is -0.385. The van der Waals surface area contributed by atoms with Crippen LogP contribution in [0.2, 0.25) is 0 Å². The zero-order chi connectivity index (χ0) is 21.3. The Hall–Kier alpha value is -3.30. The van der Waals surface area contributed by atoms with Crippen molar-refractivity contribution in [2.24, 2.45) is 0 Å². The zero-order valence-corrected chi connectivity index (χ0v) is 18.0. The summed E-state index contributed by atoms with van der Waals surface area (Å²) in [6, 6.07) is 17.3. The van der Waals surface area contributed by atoms with Gasteiger partial charge in [0, 0.05) is 21.7 Å². The van der Waals surface area contributed by atoms with Crippen molar-refractivity contribution in [2.45, 2.75) is 0 Å². The summed E-state index contributed by atoms with van der Waals surface area (Å²) in [5, 5.41) is 14.9. The number of fused-ring (bicyclic) bond motifs is 1. The molecule has 1 heterocycles. The highest BCUT2D eigenvalue weighted by atomic mass is 79.9. The van der Waals surface area contributed by atoms with E-state index in [2.05, 4.69) is 26.2 Å². The number of nitrogens with zero attached hydrogens (tertiary/aromatic N) is 2. The number of methoxy groups -OCH3 is 1. The first-order valence-electron chi connectivity index (χ1n) is 8.75. The summed E-state index contributed by atoms with van der Waals surface area (Å²) in [6.45, 7) is 0. The number of anilines is 1. The van der Waals surface area contributed by atoms with Gasteiger partial charge in [-0.05, 0) is 42.5 Å². The molecule has 0 fully saturated rings. The van der Waals surface area contributed by atoms with Gasteiger partial charge in [0.05, 0.1) is 27.9 Å². The quantitative estimate of drug-likeness (QED) is 0.281. The monoisotopic (exact) mass is 483 g/mol. The van der Waals surface area contributed by atoms with E-state index in [1.165, 1.54) is 36.6 Å². The number of para-hydroxylation sites is 1. The van der Waals surface area contributed by atoms with Gasteiger partial charge in [0.25, 0.3) is 5.91 Å². The average Bonchev–Trinajstić information content (AvgIpc) is 3.18. The first kappa shape index (κ1) is 20.0. The van der Waals surface area contributed by atoms with E-state index < -0.39 is 10.8 Å². The summed E-state index contributed by atoms with van der Waals surface area (Å²) in [5.41, 5.74) is 2.07. The summed E-state index contributed by atoms with van der Waals surface area (Å²) < 4.78 is 6.87. The molecule has 0 unspecified atom stereocenters. The van der Waals surface area contributed by atoms with Gasteiger partial charge >= 0.3 is 5.69 Å². The Balaban J connectivity index is 1.71. The van der Waals surface area contributed by atoms with Crippen LogP contribution in [0.3, 0.4) is 0 Å². The molecule has 0 aliphatic carbocycles. The van der Waals surface area contributed by atoms with Crippen LogP contribution in [0.1, 0.15) is 10.4 Å². The lowest BCUT2D eigenvalue weighted by Crippen LogP contribution is -2.13. The second kappa shape index (κ2) is 8.21. The van der Waals surface area contributed by atoms with Gasteiger partial charge in [0.2, 0.25) is 0 Å². The number of nitro benzene ring substituents is 1. The molecule has 150 valence electrons. The smallest absolute Gasteiger partial charge is 0.311 e. The maximum absolute atomic E-state index is 12.8. The van der Waals surface area contributed by atoms with Gasteiger partial charge < -0.3 is 10.1 Å². The number of benzene rings is 3. The number of carbonyl (C=O) groups is 1. The number of carbonyl (C=O) groups excluding carboxylic acids is 1. The highest BCUT2D eigenvalue weighted by molar-refractivity contribution is 9.10. The van der Waals surface area contributed by atoms with Crippen molar-refractivity contribution in [3.8, 4) is 16.3 Å². The van der Waals surface area contributed by atoms with E-state index in [0.29, 0.717) is 5.69 Å². The first-order chi connectivity index (χ1) is 14.5. The molecular weight excluding hydrogens is 470 g/mol. The molecule has 1 aromatic heterocycles. The van der Waals surface area contributed by atoms with Crippen molar-refractivity contribution in [1.82, 2.24) is 4.98 Å². The van der Waals surface area contributed by atoms with Crippen molar-refractivity contribution in [3.63, 3.8) is 0 Å². The molecule has 3 aromatic carbocycles. The number of nitro groups is 1. The minimum absolute atomic E-state index is 0.0929. The lowest BCUT2D eigenvalue weighted by atomic mass is 10.1. The molecule has 0 aliphatic rings. The Kier molecular flexibility index (Phi) is 5.47. The number of hydrogen-bond acceptors (Lipinski definition) is 6. The second-order valence-corrected chi connectivity index (χ2v) is 8.22. The summed E-state index contributed by atoms with van der Waals surface area (Å²) in [4.78, 5) is 28.2. The SMILES string of the molecule is COc1ccc(C(=O)Nc2ccc(Br)cc2-c2nc3ccccc3s2)cc1[N+](=O)[O-]. The normalized spacial score (nSPS) is 10.7. The molecule has 0 saturated carbocycles. The maximum Gasteiger partial charge on any atom is 0.311 e. The van der Waals surface area contributed by atoms with E-state index in [0.717, 1.165) is 25.3 Å². The fourth-order valence-electron chi connectivity index (χ4n) is 2.96. The molecule has 0 bridgehead atoms. The van der Waals surface area contributed by atoms with Gasteiger partial charge in [-0.2, -0.15) is 0 Å². The van der Waals surface area contributed by atoms with E-state index in [1.54, 1.807) is 6.07 Å². The third-order valence-corrected chi connectivity index (χ3v) is 5.95. The fraction of sp³-hybridized carbons (Fsp3) is 0.0476. The number of thiazole rings is 1. The van der Waals surface area contributed by atoms with Crippen molar-refractivity contribution < 1.29 is 14.5 Å². The highest BCUT2D eigenvalue weighted by Gasteiger charge is 2.20. The summed E-state index contributed by atoms with van der Waals surface area (Å²) in [7, 11) is 1.34. The number of aromatic nitrogens is 1. The van der Waals surface area contributed by atoms with E-state index in [1.807, 2.05) is 36.4 Å². The number of amides is 1. The number of ether oxygens (including phenoxy) is 1. The van der Waals surface area contributed by atoms with Gasteiger partial charge in [-0.1, -0.05) is 28.1 Å². The van der Waals surface area contributed by atoms with Crippen molar-refractivity contribution in [3.05, 3.63) is 80.8 Å². The average molecular weight is 484 g/mol. The fourth-order valence-corrected chi connectivity index (χ4v) is 4.32. The van der Waals surface area contributed by atoms with Crippen LogP contribution in [-0.2, 0) is 0 Å². The van der Waals surface area contributed by atoms with Crippen LogP contribution < -0.4 is 10.1 Å². The molecule has 0 spiro atoms. The second-order valence-electron chi connectivity index (χ2n) is 6.27. The van der Waals surface area contributed by atoms with Gasteiger partial charge in [-0.15, -0.1) is 11.3 Å². The van der Waals surface area contributed by atoms with E-state index in [9.17, 15) is 14.9 Å². The van der Waals surface area contributed by atoms with Crippen LogP contribution in [0.25, 0.3) is 20.8 Å². The molecular formula is C21H14BrN3O4S. The lowest BCUT2D eigenvalue weighted by Gasteiger charge is -2.11. The predicted molar refractivity (Wildman–Crippen MR) is 120 cm³/mol. The molecule has 1 N–H and O–H groups in total. The molecule has 0 aliphatic heterocycles. The number of hydrogen-bond donors (Lipinski definition) is 1. The number of rotatable bonds is 5. The van der Waals surface area contributed by atoms with Gasteiger partial charge in [-0.3, -0.25) is 14.9 Å². The molecule has 4 rings (SSSR count). The Bertz CT molecular complexity index is 1260. The van der Waals surface area contributed by atoms with Crippen LogP contribution in [0.4, 0.5) is 11.4 Å². The van der Waals surface area contributed by atoms with Crippen molar-refractivity contribution in [1.29, 1.82) is 0 Å². The van der Waals surface area contributed by atoms with Crippen molar-refractivity contribution >= 4 is 54.8 Å². The molecule has 9 heteroatoms. The van der Waals surface area contributed by atoms with Gasteiger partial charge in [0.15, 0.2) is 5.75 Å². The predicted octanol–water partition coefficient (Wildman–Crippen LogP) is 5.89. The molecule has 30 heavy (non-hydrogen) atoms. The van der Waals surface area contributed by atoms with Crippen LogP contribution >= 0.6 is 27.3 Å². The van der Waals surface area contributed by atoms with Crippen molar-refractivity contribution in [2.75, 3.05) is 12.4 Å². The van der Waals surface area contributed by atoms with Gasteiger partial charge in [-0.25, -0.2) is 4.98 Å². The molecule has 4 aromatic rings. The minimum atomic E-state index is -0.582. The molecule has 7 nitrogen and oxygen atoms in total. The van der Waals surface area contributed by atoms with E-state index in [4.69, 9.17) is 4.74 Å². The van der Waals surface area contributed by atoms with Crippen LogP contribution in [0.5, 0.6) is 5.75 Å². The molecule has 0 radical (unpaired) electrons. The Morgan fingerprint density at radius 2 is 1.97 bits per heavy atom. The summed E-state index contributed by atoms with van der Waals surface area (Å²) >= 11 is 4.98. The number of nitrogens with one attached hydrogen (secondary N) is 1. The first-order valence-corrected chi connectivity index (χ1v) is 10.4. The Labute approximate surface area is 183 Å². The van der Waals surface area contributed by atoms with Crippen LogP contribution in [0, 0.1) is 10.1 Å². The topological polar surface area (TPSA) is 94.4 Å². The summed E-state index contributed by atoms with van der Waals surface area (Å²) in [6.07, 6.45) is 0. The Morgan fingerprint density at radius 1 is 1.17 bits per heavy atom. The molecule has 1 amide bonds. The maximum atomic E-state index is 12.8. The highest BCUT2D eigenvalue weighted by Crippen LogP contribution is 2.36. The Morgan fingerprint density at radius 3 is 2.70 bits per heavy atom. The summed E-state index contributed by atoms with van der Waals surface area (Å²) in [5.74, 6) is -0.374. The van der Waals surface area contributed by atoms with E-state index >= 15 is 0 Å². The largest absolute Gasteiger partial charge is 0.490 e. The minimum Gasteiger partial charge on any atom is -0.490 e. The standard InChI is InChI=1S/C21H14BrN3O4S/c1-29-18-9-6-12(10-17(18)25(27)28)20(26)23-15-8-7-13(22)11-14(15)21-24-16-4-2-3-5-19(16)30-21/h2-11H,1H3,(H,23,26). The van der Waals surface area contributed by atoms with Crippen LogP contribution in [-0.4, -0.2) is 22.9 Å². The van der Waals surface area contributed by atoms with Crippen LogP contribution in [0.15, 0.2) is 65.1 Å². The molecule has 0 saturated heterocycles. The third kappa shape index (κ3) is 3.89. The number of halogens is 1. The molecule has 0 atom stereocenters. The van der Waals surface area contributed by atoms with Gasteiger partial charge in [0.1, 0.15) is 5.01 Å². The zero-order valence-electron chi connectivity index (χ0n) is 15.6. The van der Waals surface area contributed by atoms with E-state index in [-0.39, 0.29) is 17.0 Å². The third-order valence-electron chi connectivity index (χ3n) is 4.39.